The number of benzene rings is 2. The fraction of sp³-hybridized carbons (Fsp3) is 0.261. The Bertz CT molecular complexity index is 1040. The summed E-state index contributed by atoms with van der Waals surface area (Å²) in [6, 6.07) is 16.5. The summed E-state index contributed by atoms with van der Waals surface area (Å²) in [5, 5.41) is 0.700. The molecule has 4 nitrogen and oxygen atoms in total. The number of rotatable bonds is 4. The smallest absolute Gasteiger partial charge is 0.0642 e. The first-order valence-electron chi connectivity index (χ1n) is 9.64. The second kappa shape index (κ2) is 8.74. The van der Waals surface area contributed by atoms with E-state index in [2.05, 4.69) is 80.6 Å². The van der Waals surface area contributed by atoms with Gasteiger partial charge in [-0.2, -0.15) is 0 Å². The molecule has 0 atom stereocenters. The molecule has 0 saturated carbocycles. The molecule has 2 heterocycles. The minimum atomic E-state index is 0.700. The van der Waals surface area contributed by atoms with Crippen LogP contribution in [-0.2, 0) is 4.74 Å². The van der Waals surface area contributed by atoms with Gasteiger partial charge < -0.3 is 14.2 Å². The van der Waals surface area contributed by atoms with E-state index in [-0.39, 0.29) is 0 Å². The molecule has 0 aliphatic carbocycles. The van der Waals surface area contributed by atoms with Gasteiger partial charge in [-0.25, -0.2) is 0 Å². The van der Waals surface area contributed by atoms with Crippen molar-refractivity contribution < 1.29 is 4.74 Å². The summed E-state index contributed by atoms with van der Waals surface area (Å²) in [6.07, 6.45) is 1.93. The van der Waals surface area contributed by atoms with Gasteiger partial charge in [0, 0.05) is 52.1 Å². The molecule has 0 spiro atoms. The minimum absolute atomic E-state index is 0.700. The molecule has 6 heteroatoms. The lowest BCUT2D eigenvalue weighted by Crippen LogP contribution is -2.36. The number of ether oxygens (including phenoxy) is 1. The molecule has 1 saturated heterocycles. The zero-order valence-electron chi connectivity index (χ0n) is 16.5. The molecular formula is C23H23BrClN3O. The number of morpholine rings is 1. The predicted molar refractivity (Wildman–Crippen MR) is 125 cm³/mol. The van der Waals surface area contributed by atoms with Crippen LogP contribution < -0.4 is 4.90 Å². The van der Waals surface area contributed by atoms with Crippen LogP contribution in [0.5, 0.6) is 0 Å². The van der Waals surface area contributed by atoms with Gasteiger partial charge in [-0.15, -0.1) is 0 Å². The number of halogens is 2. The van der Waals surface area contributed by atoms with E-state index in [4.69, 9.17) is 16.3 Å². The highest BCUT2D eigenvalue weighted by molar-refractivity contribution is 9.10. The highest BCUT2D eigenvalue weighted by Crippen LogP contribution is 2.28. The fourth-order valence-corrected chi connectivity index (χ4v) is 4.08. The predicted octanol–water partition coefficient (Wildman–Crippen LogP) is 6.10. The number of aryl methyl sites for hydroxylation is 1. The Morgan fingerprint density at radius 1 is 1.00 bits per heavy atom. The third kappa shape index (κ3) is 4.42. The highest BCUT2D eigenvalue weighted by atomic mass is 79.9. The Kier molecular flexibility index (Phi) is 6.09. The molecule has 4 rings (SSSR count). The molecule has 1 aliphatic heterocycles. The summed E-state index contributed by atoms with van der Waals surface area (Å²) in [5.74, 6) is 0. The number of hydrogen-bond acceptors (Lipinski definition) is 3. The van der Waals surface area contributed by atoms with Gasteiger partial charge in [0.2, 0.25) is 0 Å². The van der Waals surface area contributed by atoms with E-state index in [1.54, 1.807) is 0 Å². The van der Waals surface area contributed by atoms with Crippen molar-refractivity contribution in [1.82, 2.24) is 4.57 Å². The Morgan fingerprint density at radius 3 is 2.38 bits per heavy atom. The van der Waals surface area contributed by atoms with E-state index < -0.39 is 0 Å². The fourth-order valence-electron chi connectivity index (χ4n) is 3.65. The zero-order valence-corrected chi connectivity index (χ0v) is 18.9. The Morgan fingerprint density at radius 2 is 1.69 bits per heavy atom. The normalized spacial score (nSPS) is 14.7. The molecule has 29 heavy (non-hydrogen) atoms. The molecular weight excluding hydrogens is 450 g/mol. The molecule has 150 valence electrons. The van der Waals surface area contributed by atoms with Crippen molar-refractivity contribution in [1.29, 1.82) is 0 Å². The van der Waals surface area contributed by atoms with Gasteiger partial charge in [0.05, 0.1) is 23.9 Å². The first kappa shape index (κ1) is 20.2. The van der Waals surface area contributed by atoms with Crippen molar-refractivity contribution in [3.8, 4) is 5.69 Å². The molecule has 0 amide bonds. The van der Waals surface area contributed by atoms with Crippen molar-refractivity contribution >= 4 is 45.1 Å². The van der Waals surface area contributed by atoms with Gasteiger partial charge in [0.1, 0.15) is 0 Å². The molecule has 0 radical (unpaired) electrons. The largest absolute Gasteiger partial charge is 0.378 e. The van der Waals surface area contributed by atoms with E-state index in [0.717, 1.165) is 59.1 Å². The van der Waals surface area contributed by atoms with Crippen molar-refractivity contribution in [3.63, 3.8) is 0 Å². The van der Waals surface area contributed by atoms with Crippen LogP contribution in [0.15, 0.2) is 58.0 Å². The first-order valence-corrected chi connectivity index (χ1v) is 10.8. The van der Waals surface area contributed by atoms with E-state index in [1.165, 1.54) is 5.69 Å². The maximum absolute atomic E-state index is 6.29. The molecule has 2 aromatic carbocycles. The lowest BCUT2D eigenvalue weighted by atomic mass is 10.2. The Labute approximate surface area is 184 Å². The summed E-state index contributed by atoms with van der Waals surface area (Å²) in [7, 11) is 0. The Balaban J connectivity index is 1.55. The number of nitrogens with zero attached hydrogens (tertiary/aromatic N) is 3. The number of anilines is 1. The molecule has 0 bridgehead atoms. The average molecular weight is 473 g/mol. The topological polar surface area (TPSA) is 29.8 Å². The van der Waals surface area contributed by atoms with Gasteiger partial charge in [0.25, 0.3) is 0 Å². The second-order valence-electron chi connectivity index (χ2n) is 7.13. The van der Waals surface area contributed by atoms with Crippen LogP contribution in [0.25, 0.3) is 5.69 Å². The summed E-state index contributed by atoms with van der Waals surface area (Å²) in [5.41, 5.74) is 6.58. The molecule has 0 unspecified atom stereocenters. The van der Waals surface area contributed by atoms with Gasteiger partial charge >= 0.3 is 0 Å². The van der Waals surface area contributed by atoms with Gasteiger partial charge in [-0.1, -0.05) is 11.6 Å². The van der Waals surface area contributed by atoms with Crippen molar-refractivity contribution in [3.05, 3.63) is 75.0 Å². The molecule has 0 N–H and O–H groups in total. The van der Waals surface area contributed by atoms with Crippen LogP contribution in [-0.4, -0.2) is 37.1 Å². The highest BCUT2D eigenvalue weighted by Gasteiger charge is 2.12. The van der Waals surface area contributed by atoms with E-state index in [1.807, 2.05) is 18.3 Å². The average Bonchev–Trinajstić information content (AvgIpc) is 3.03. The van der Waals surface area contributed by atoms with Gasteiger partial charge in [-0.05, 0) is 78.3 Å². The standard InChI is InChI=1S/C23H23BrClN3O/c1-16-13-18(17(2)28(16)21-7-8-22(24)23(25)14-21)15-26-19-3-5-20(6-4-19)27-9-11-29-12-10-27/h3-8,13-15H,9-12H2,1-2H3. The summed E-state index contributed by atoms with van der Waals surface area (Å²) in [4.78, 5) is 7.03. The van der Waals surface area contributed by atoms with Crippen LogP contribution in [0.3, 0.4) is 0 Å². The van der Waals surface area contributed by atoms with Crippen LogP contribution in [0, 0.1) is 13.8 Å². The van der Waals surface area contributed by atoms with Crippen LogP contribution in [0.2, 0.25) is 5.02 Å². The van der Waals surface area contributed by atoms with Crippen molar-refractivity contribution in [2.24, 2.45) is 4.99 Å². The summed E-state index contributed by atoms with van der Waals surface area (Å²) < 4.78 is 8.51. The third-order valence-electron chi connectivity index (χ3n) is 5.21. The zero-order chi connectivity index (χ0) is 20.4. The Hall–Kier alpha value is -2.08. The lowest BCUT2D eigenvalue weighted by molar-refractivity contribution is 0.122. The lowest BCUT2D eigenvalue weighted by Gasteiger charge is -2.28. The second-order valence-corrected chi connectivity index (χ2v) is 8.40. The van der Waals surface area contributed by atoms with Crippen LogP contribution in [0.4, 0.5) is 11.4 Å². The molecule has 3 aromatic rings. The van der Waals surface area contributed by atoms with Crippen molar-refractivity contribution in [2.45, 2.75) is 13.8 Å². The van der Waals surface area contributed by atoms with Gasteiger partial charge in [0.15, 0.2) is 0 Å². The van der Waals surface area contributed by atoms with Crippen LogP contribution >= 0.6 is 27.5 Å². The summed E-state index contributed by atoms with van der Waals surface area (Å²) in [6.45, 7) is 7.66. The quantitative estimate of drug-likeness (QED) is 0.430. The van der Waals surface area contributed by atoms with E-state index in [9.17, 15) is 0 Å². The van der Waals surface area contributed by atoms with Crippen molar-refractivity contribution in [2.75, 3.05) is 31.2 Å². The van der Waals surface area contributed by atoms with E-state index >= 15 is 0 Å². The van der Waals surface area contributed by atoms with E-state index in [0.29, 0.717) is 5.02 Å². The third-order valence-corrected chi connectivity index (χ3v) is 6.44. The van der Waals surface area contributed by atoms with Crippen LogP contribution in [0.1, 0.15) is 17.0 Å². The minimum Gasteiger partial charge on any atom is -0.378 e. The summed E-state index contributed by atoms with van der Waals surface area (Å²) >= 11 is 9.74. The number of aromatic nitrogens is 1. The number of hydrogen-bond donors (Lipinski definition) is 0. The first-order chi connectivity index (χ1) is 14.0. The SMILES string of the molecule is Cc1cc(C=Nc2ccc(N3CCOCC3)cc2)c(C)n1-c1ccc(Br)c(Cl)c1. The van der Waals surface area contributed by atoms with Gasteiger partial charge in [-0.3, -0.25) is 4.99 Å². The monoisotopic (exact) mass is 471 g/mol. The number of aliphatic imine (C=N–C) groups is 1. The maximum Gasteiger partial charge on any atom is 0.0642 e. The maximum atomic E-state index is 6.29. The molecule has 1 aliphatic rings. The molecule has 1 aromatic heterocycles. The molecule has 1 fully saturated rings.